The minimum atomic E-state index is -1.54. The van der Waals surface area contributed by atoms with Crippen LogP contribution in [0.1, 0.15) is 76.1 Å². The van der Waals surface area contributed by atoms with Crippen LogP contribution in [0.15, 0.2) is 234 Å². The molecule has 7 aromatic carbocycles. The standard InChI is InChI=1S/C63H52ClN5O7S2/c64-39-46-40-77-58-52(57(71)69(58)53(46)59(72)74-54(42-23-8-1-9-24-42)43-25-10-2-11-26-43)66-56(70)51(68-76-62(37-22-38-62)60(73)75-55(44-27-12-3-13-28-44)45-29-14-4-15-30-45)50-41-78-61(65-50)67-63(47-31-16-5-17-32-47,48-33-18-6-19-34-48)49-35-20-7-21-36-49/h1-21,23-36,41,52,54-55,58H,22,37-40H2,(H,65,67)(H,66,70)/b68-51+/t52?,58-/m1/s1. The molecule has 0 spiro atoms. The molecule has 11 rings (SSSR count). The summed E-state index contributed by atoms with van der Waals surface area (Å²) in [5, 5.41) is 12.6. The Hall–Kier alpha value is -8.30. The number of aromatic nitrogens is 1. The Morgan fingerprint density at radius 3 is 1.55 bits per heavy atom. The van der Waals surface area contributed by atoms with Gasteiger partial charge in [-0.25, -0.2) is 14.6 Å². The van der Waals surface area contributed by atoms with Gasteiger partial charge in [0.1, 0.15) is 28.3 Å². The Balaban J connectivity index is 0.919. The fraction of sp³-hybridized carbons (Fsp3) is 0.175. The van der Waals surface area contributed by atoms with Gasteiger partial charge in [-0.2, -0.15) is 0 Å². The number of amides is 2. The summed E-state index contributed by atoms with van der Waals surface area (Å²) in [4.78, 5) is 71.3. The van der Waals surface area contributed by atoms with Crippen molar-refractivity contribution in [2.24, 2.45) is 5.16 Å². The summed E-state index contributed by atoms with van der Waals surface area (Å²) in [5.74, 6) is -2.42. The van der Waals surface area contributed by atoms with Gasteiger partial charge in [0, 0.05) is 29.9 Å². The lowest BCUT2D eigenvalue weighted by Gasteiger charge is -2.49. The van der Waals surface area contributed by atoms with Crippen LogP contribution < -0.4 is 10.6 Å². The molecule has 1 saturated carbocycles. The van der Waals surface area contributed by atoms with E-state index in [2.05, 4.69) is 52.2 Å². The molecule has 8 aromatic rings. The Bertz CT molecular complexity index is 3290. The summed E-state index contributed by atoms with van der Waals surface area (Å²) in [7, 11) is 0. The van der Waals surface area contributed by atoms with Gasteiger partial charge in [-0.05, 0) is 50.9 Å². The number of anilines is 1. The van der Waals surface area contributed by atoms with Gasteiger partial charge >= 0.3 is 11.9 Å². The Labute approximate surface area is 465 Å². The summed E-state index contributed by atoms with van der Waals surface area (Å²) in [6.07, 6.45) is -0.341. The third kappa shape index (κ3) is 10.3. The molecule has 15 heteroatoms. The number of rotatable bonds is 19. The number of β-lactam (4-membered cyclic amide) rings is 1. The van der Waals surface area contributed by atoms with E-state index in [1.165, 1.54) is 28.0 Å². The fourth-order valence-electron chi connectivity index (χ4n) is 10.1. The highest BCUT2D eigenvalue weighted by Crippen LogP contribution is 2.44. The zero-order chi connectivity index (χ0) is 53.5. The van der Waals surface area contributed by atoms with E-state index in [4.69, 9.17) is 30.9 Å². The highest BCUT2D eigenvalue weighted by atomic mass is 35.5. The van der Waals surface area contributed by atoms with Gasteiger partial charge in [0.25, 0.3) is 11.8 Å². The van der Waals surface area contributed by atoms with Crippen molar-refractivity contribution in [1.82, 2.24) is 15.2 Å². The quantitative estimate of drug-likeness (QED) is 0.0200. The predicted octanol–water partition coefficient (Wildman–Crippen LogP) is 11.7. The highest BCUT2D eigenvalue weighted by molar-refractivity contribution is 8.00. The van der Waals surface area contributed by atoms with E-state index in [1.54, 1.807) is 5.38 Å². The molecule has 1 aromatic heterocycles. The molecule has 12 nitrogen and oxygen atoms in total. The van der Waals surface area contributed by atoms with Crippen molar-refractivity contribution in [3.05, 3.63) is 274 Å². The lowest BCUT2D eigenvalue weighted by Crippen LogP contribution is -2.71. The normalized spacial score (nSPS) is 16.8. The molecule has 1 aliphatic carbocycles. The van der Waals surface area contributed by atoms with Crippen molar-refractivity contribution in [3.8, 4) is 0 Å². The number of ether oxygens (including phenoxy) is 2. The number of benzene rings is 7. The third-order valence-electron chi connectivity index (χ3n) is 14.3. The highest BCUT2D eigenvalue weighted by Gasteiger charge is 2.55. The largest absolute Gasteiger partial charge is 0.450 e. The van der Waals surface area contributed by atoms with E-state index in [9.17, 15) is 14.4 Å². The van der Waals surface area contributed by atoms with E-state index in [0.717, 1.165) is 38.9 Å². The van der Waals surface area contributed by atoms with Gasteiger partial charge in [-0.1, -0.05) is 217 Å². The molecule has 390 valence electrons. The summed E-state index contributed by atoms with van der Waals surface area (Å²) in [5.41, 5.74) is 3.77. The number of thiazole rings is 1. The van der Waals surface area contributed by atoms with Crippen LogP contribution in [0.5, 0.6) is 0 Å². The van der Waals surface area contributed by atoms with Crippen LogP contribution in [0, 0.1) is 0 Å². The minimum absolute atomic E-state index is 0.0254. The maximum atomic E-state index is 15.1. The minimum Gasteiger partial charge on any atom is -0.450 e. The number of carbonyl (C=O) groups excluding carboxylic acids is 4. The van der Waals surface area contributed by atoms with Crippen LogP contribution in [0.25, 0.3) is 0 Å². The van der Waals surface area contributed by atoms with Gasteiger partial charge in [-0.15, -0.1) is 34.7 Å². The summed E-state index contributed by atoms with van der Waals surface area (Å²) in [6.45, 7) is 0. The van der Waals surface area contributed by atoms with Gasteiger partial charge in [0.05, 0.1) is 0 Å². The summed E-state index contributed by atoms with van der Waals surface area (Å²) < 4.78 is 12.6. The van der Waals surface area contributed by atoms with Crippen LogP contribution in [0.2, 0.25) is 0 Å². The van der Waals surface area contributed by atoms with Crippen molar-refractivity contribution in [3.63, 3.8) is 0 Å². The second-order valence-electron chi connectivity index (χ2n) is 19.1. The third-order valence-corrected chi connectivity index (χ3v) is 16.7. The molecule has 2 amide bonds. The van der Waals surface area contributed by atoms with E-state index in [1.807, 2.05) is 176 Å². The van der Waals surface area contributed by atoms with E-state index >= 15 is 4.79 Å². The number of alkyl halides is 1. The molecule has 3 heterocycles. The number of fused-ring (bicyclic) bond motifs is 1. The Morgan fingerprint density at radius 1 is 0.667 bits per heavy atom. The molecule has 2 N–H and O–H groups in total. The second kappa shape index (κ2) is 23.1. The lowest BCUT2D eigenvalue weighted by atomic mass is 9.77. The van der Waals surface area contributed by atoms with Gasteiger partial charge in [0.2, 0.25) is 5.60 Å². The molecule has 2 aliphatic heterocycles. The molecular weight excluding hydrogens is 1040 g/mol. The monoisotopic (exact) mass is 1090 g/mol. The number of nitrogens with zero attached hydrogens (tertiary/aromatic N) is 3. The number of thioether (sulfide) groups is 1. The zero-order valence-corrected chi connectivity index (χ0v) is 44.4. The van der Waals surface area contributed by atoms with Gasteiger partial charge < -0.3 is 24.9 Å². The first-order valence-corrected chi connectivity index (χ1v) is 28.0. The number of oxime groups is 1. The number of halogens is 1. The molecule has 3 aliphatic rings. The van der Waals surface area contributed by atoms with Crippen molar-refractivity contribution in [2.75, 3.05) is 16.9 Å². The van der Waals surface area contributed by atoms with Crippen LogP contribution in [-0.4, -0.2) is 68.0 Å². The second-order valence-corrected chi connectivity index (χ2v) is 21.3. The topological polar surface area (TPSA) is 149 Å². The smallest absolute Gasteiger partial charge is 0.356 e. The maximum absolute atomic E-state index is 15.1. The summed E-state index contributed by atoms with van der Waals surface area (Å²) in [6, 6.07) is 66.6. The molecule has 78 heavy (non-hydrogen) atoms. The average molecular weight is 1090 g/mol. The lowest BCUT2D eigenvalue weighted by molar-refractivity contribution is -0.189. The molecule has 0 bridgehead atoms. The summed E-state index contributed by atoms with van der Waals surface area (Å²) >= 11 is 9.11. The van der Waals surface area contributed by atoms with E-state index < -0.39 is 58.5 Å². The SMILES string of the molecule is O=C(OC(c1ccccc1)c1ccccc1)C1=C(CCl)CS[C@@H]2C(NC(=O)/C(=N/OC3(C(=O)OC(c4ccccc4)c4ccccc4)CCC3)c3csc(NC(c4ccccc4)(c4ccccc4)c4ccccc4)n3)C(=O)N12. The van der Waals surface area contributed by atoms with Gasteiger partial charge in [-0.3, -0.25) is 14.5 Å². The van der Waals surface area contributed by atoms with Crippen molar-refractivity contribution in [2.45, 2.75) is 54.0 Å². The van der Waals surface area contributed by atoms with Gasteiger partial charge in [0.15, 0.2) is 23.1 Å². The Morgan fingerprint density at radius 2 is 1.12 bits per heavy atom. The fourth-order valence-corrected chi connectivity index (χ4v) is 12.5. The number of carbonyl (C=O) groups is 4. The van der Waals surface area contributed by atoms with E-state index in [0.29, 0.717) is 22.9 Å². The van der Waals surface area contributed by atoms with Crippen molar-refractivity contribution in [1.29, 1.82) is 0 Å². The number of esters is 2. The molecule has 1 saturated heterocycles. The van der Waals surface area contributed by atoms with E-state index in [-0.39, 0.29) is 35.8 Å². The molecule has 1 unspecified atom stereocenters. The first-order valence-electron chi connectivity index (χ1n) is 25.6. The molecule has 0 radical (unpaired) electrons. The van der Waals surface area contributed by atoms with Crippen molar-refractivity contribution >= 4 is 69.3 Å². The Kier molecular flexibility index (Phi) is 15.4. The molecule has 2 atom stereocenters. The first-order chi connectivity index (χ1) is 38.3. The average Bonchev–Trinajstić information content (AvgIpc) is 4.00. The van der Waals surface area contributed by atoms with Crippen LogP contribution in [-0.2, 0) is 39.0 Å². The van der Waals surface area contributed by atoms with Crippen LogP contribution >= 0.6 is 34.7 Å². The van der Waals surface area contributed by atoms with Crippen LogP contribution in [0.4, 0.5) is 5.13 Å². The number of hydrogen-bond donors (Lipinski definition) is 2. The van der Waals surface area contributed by atoms with Crippen molar-refractivity contribution < 1.29 is 33.5 Å². The predicted molar refractivity (Wildman–Crippen MR) is 304 cm³/mol. The zero-order valence-electron chi connectivity index (χ0n) is 42.0. The van der Waals surface area contributed by atoms with Crippen LogP contribution in [0.3, 0.4) is 0 Å². The number of nitrogens with one attached hydrogen (secondary N) is 2. The number of hydrogen-bond acceptors (Lipinski definition) is 12. The maximum Gasteiger partial charge on any atom is 0.356 e. The molecular formula is C63H52ClN5O7S2. The first kappa shape index (κ1) is 51.8. The molecule has 2 fully saturated rings.